The molecule has 0 amide bonds. The lowest BCUT2D eigenvalue weighted by molar-refractivity contribution is -0.137. The highest BCUT2D eigenvalue weighted by molar-refractivity contribution is 5.67. The number of hydrogen-bond acceptors (Lipinski definition) is 2. The smallest absolute Gasteiger partial charge is 0.303 e. The number of carboxylic acids is 1. The van der Waals surface area contributed by atoms with Gasteiger partial charge in [-0.15, -0.1) is 0 Å². The molecule has 1 aliphatic rings. The lowest BCUT2D eigenvalue weighted by Crippen LogP contribution is -2.23. The van der Waals surface area contributed by atoms with Gasteiger partial charge in [0.1, 0.15) is 0 Å². The molecule has 0 saturated heterocycles. The third-order valence-electron chi connectivity index (χ3n) is 2.78. The molecule has 0 radical (unpaired) electrons. The molecular weight excluding hydrogens is 182 g/mol. The van der Waals surface area contributed by atoms with Crippen LogP contribution >= 0.6 is 0 Å². The minimum atomic E-state index is -0.882. The summed E-state index contributed by atoms with van der Waals surface area (Å²) >= 11 is 0. The van der Waals surface area contributed by atoms with Gasteiger partial charge in [-0.2, -0.15) is 0 Å². The van der Waals surface area contributed by atoms with Gasteiger partial charge in [-0.1, -0.05) is 37.2 Å². The fourth-order valence-corrected chi connectivity index (χ4v) is 2.07. The largest absolute Gasteiger partial charge is 0.481 e. The monoisotopic (exact) mass is 197 g/mol. The van der Waals surface area contributed by atoms with Gasteiger partial charge in [-0.25, -0.2) is 0 Å². The minimum Gasteiger partial charge on any atom is -0.481 e. The molecule has 1 fully saturated rings. The summed E-state index contributed by atoms with van der Waals surface area (Å²) in [6.45, 7) is 0. The van der Waals surface area contributed by atoms with Crippen LogP contribution in [0.25, 0.3) is 10.4 Å². The summed E-state index contributed by atoms with van der Waals surface area (Å²) < 4.78 is 0. The highest BCUT2D eigenvalue weighted by atomic mass is 16.4. The molecule has 0 bridgehead atoms. The first-order valence-electron chi connectivity index (χ1n) is 5.00. The molecule has 0 aromatic rings. The third-order valence-corrected chi connectivity index (χ3v) is 2.78. The summed E-state index contributed by atoms with van der Waals surface area (Å²) in [6.07, 6.45) is 5.43. The van der Waals surface area contributed by atoms with E-state index >= 15 is 0 Å². The maximum absolute atomic E-state index is 10.5. The molecule has 1 N–H and O–H groups in total. The standard InChI is InChI=1S/C9H15N3O2/c10-12-11-8(6-9(13)14)7-4-2-1-3-5-7/h7-8H,1-6H2,(H,13,14)/t8-/m1/s1. The van der Waals surface area contributed by atoms with Crippen LogP contribution in [0.15, 0.2) is 5.11 Å². The van der Waals surface area contributed by atoms with E-state index in [0.717, 1.165) is 25.7 Å². The van der Waals surface area contributed by atoms with Gasteiger partial charge in [0.25, 0.3) is 0 Å². The van der Waals surface area contributed by atoms with E-state index < -0.39 is 5.97 Å². The zero-order chi connectivity index (χ0) is 10.4. The average Bonchev–Trinajstić information content (AvgIpc) is 2.18. The van der Waals surface area contributed by atoms with Crippen molar-refractivity contribution in [3.05, 3.63) is 10.4 Å². The molecule has 1 saturated carbocycles. The number of carboxylic acid groups (broad SMARTS) is 1. The topological polar surface area (TPSA) is 86.1 Å². The SMILES string of the molecule is [N-]=[N+]=N[C@H](CC(=O)O)C1CCCCC1. The highest BCUT2D eigenvalue weighted by Gasteiger charge is 2.24. The Balaban J connectivity index is 2.55. The van der Waals surface area contributed by atoms with Gasteiger partial charge in [0.2, 0.25) is 0 Å². The van der Waals surface area contributed by atoms with Gasteiger partial charge in [0.05, 0.1) is 12.5 Å². The van der Waals surface area contributed by atoms with E-state index in [1.807, 2.05) is 0 Å². The van der Waals surface area contributed by atoms with Crippen molar-refractivity contribution >= 4 is 5.97 Å². The Kier molecular flexibility index (Phi) is 4.26. The lowest BCUT2D eigenvalue weighted by Gasteiger charge is -2.25. The van der Waals surface area contributed by atoms with Crippen molar-refractivity contribution in [3.8, 4) is 0 Å². The Morgan fingerprint density at radius 2 is 2.14 bits per heavy atom. The van der Waals surface area contributed by atoms with Crippen molar-refractivity contribution < 1.29 is 9.90 Å². The maximum atomic E-state index is 10.5. The number of hydrogen-bond donors (Lipinski definition) is 1. The Morgan fingerprint density at radius 1 is 1.50 bits per heavy atom. The predicted octanol–water partition coefficient (Wildman–Crippen LogP) is 2.72. The second-order valence-corrected chi connectivity index (χ2v) is 3.77. The molecule has 14 heavy (non-hydrogen) atoms. The van der Waals surface area contributed by atoms with E-state index in [-0.39, 0.29) is 18.4 Å². The molecular formula is C9H15N3O2. The van der Waals surface area contributed by atoms with Crippen molar-refractivity contribution in [1.29, 1.82) is 0 Å². The van der Waals surface area contributed by atoms with E-state index in [0.29, 0.717) is 0 Å². The molecule has 5 nitrogen and oxygen atoms in total. The Labute approximate surface area is 82.7 Å². The van der Waals surface area contributed by atoms with Crippen LogP contribution in [0.5, 0.6) is 0 Å². The summed E-state index contributed by atoms with van der Waals surface area (Å²) in [7, 11) is 0. The van der Waals surface area contributed by atoms with E-state index in [4.69, 9.17) is 10.6 Å². The number of azide groups is 1. The first-order valence-corrected chi connectivity index (χ1v) is 5.00. The summed E-state index contributed by atoms with van der Waals surface area (Å²) in [5.41, 5.74) is 8.35. The van der Waals surface area contributed by atoms with Crippen molar-refractivity contribution in [1.82, 2.24) is 0 Å². The van der Waals surface area contributed by atoms with Gasteiger partial charge >= 0.3 is 5.97 Å². The molecule has 0 aliphatic heterocycles. The van der Waals surface area contributed by atoms with E-state index in [2.05, 4.69) is 10.0 Å². The Bertz CT molecular complexity index is 242. The van der Waals surface area contributed by atoms with Gasteiger partial charge in [0, 0.05) is 4.91 Å². The highest BCUT2D eigenvalue weighted by Crippen LogP contribution is 2.29. The average molecular weight is 197 g/mol. The van der Waals surface area contributed by atoms with Gasteiger partial charge < -0.3 is 5.11 Å². The predicted molar refractivity (Wildman–Crippen MR) is 51.8 cm³/mol. The summed E-state index contributed by atoms with van der Waals surface area (Å²) in [6, 6.07) is -0.349. The van der Waals surface area contributed by atoms with Crippen LogP contribution in [0.2, 0.25) is 0 Å². The third kappa shape index (κ3) is 3.26. The summed E-state index contributed by atoms with van der Waals surface area (Å²) in [4.78, 5) is 13.3. The second-order valence-electron chi connectivity index (χ2n) is 3.77. The van der Waals surface area contributed by atoms with E-state index in [9.17, 15) is 4.79 Å². The molecule has 0 aromatic carbocycles. The summed E-state index contributed by atoms with van der Waals surface area (Å²) in [5, 5.41) is 12.2. The van der Waals surface area contributed by atoms with Gasteiger partial charge in [-0.05, 0) is 11.4 Å². The molecule has 78 valence electrons. The molecule has 1 atom stereocenters. The molecule has 0 heterocycles. The van der Waals surface area contributed by atoms with Gasteiger partial charge in [0.15, 0.2) is 0 Å². The van der Waals surface area contributed by atoms with E-state index in [1.165, 1.54) is 6.42 Å². The first kappa shape index (κ1) is 10.9. The van der Waals surface area contributed by atoms with Crippen molar-refractivity contribution in [2.75, 3.05) is 0 Å². The maximum Gasteiger partial charge on any atom is 0.303 e. The number of carbonyl (C=O) groups is 1. The van der Waals surface area contributed by atoms with Gasteiger partial charge in [-0.3, -0.25) is 4.79 Å². The molecule has 1 rings (SSSR count). The van der Waals surface area contributed by atoms with Crippen LogP contribution in [0.3, 0.4) is 0 Å². The number of nitrogens with zero attached hydrogens (tertiary/aromatic N) is 3. The lowest BCUT2D eigenvalue weighted by atomic mass is 9.83. The quantitative estimate of drug-likeness (QED) is 0.426. The fraction of sp³-hybridized carbons (Fsp3) is 0.889. The van der Waals surface area contributed by atoms with Crippen LogP contribution in [0, 0.1) is 5.92 Å². The van der Waals surface area contributed by atoms with Crippen molar-refractivity contribution in [2.45, 2.75) is 44.6 Å². The normalized spacial score (nSPS) is 19.7. The Hall–Kier alpha value is -1.22. The van der Waals surface area contributed by atoms with Crippen LogP contribution in [-0.2, 0) is 4.79 Å². The molecule has 0 spiro atoms. The number of rotatable bonds is 4. The molecule has 0 unspecified atom stereocenters. The fourth-order valence-electron chi connectivity index (χ4n) is 2.07. The molecule has 1 aliphatic carbocycles. The van der Waals surface area contributed by atoms with Crippen LogP contribution in [0.4, 0.5) is 0 Å². The molecule has 0 aromatic heterocycles. The number of aliphatic carboxylic acids is 1. The molecule has 5 heteroatoms. The van der Waals surface area contributed by atoms with E-state index in [1.54, 1.807) is 0 Å². The van der Waals surface area contributed by atoms with Crippen LogP contribution < -0.4 is 0 Å². The Morgan fingerprint density at radius 3 is 2.64 bits per heavy atom. The van der Waals surface area contributed by atoms with Crippen LogP contribution in [-0.4, -0.2) is 17.1 Å². The first-order chi connectivity index (χ1) is 6.74. The minimum absolute atomic E-state index is 0.0330. The van der Waals surface area contributed by atoms with Crippen LogP contribution in [0.1, 0.15) is 38.5 Å². The zero-order valence-electron chi connectivity index (χ0n) is 8.09. The summed E-state index contributed by atoms with van der Waals surface area (Å²) in [5.74, 6) is -0.608. The van der Waals surface area contributed by atoms with Crippen molar-refractivity contribution in [2.24, 2.45) is 11.0 Å². The van der Waals surface area contributed by atoms with Crippen molar-refractivity contribution in [3.63, 3.8) is 0 Å². The second kappa shape index (κ2) is 5.50. The zero-order valence-corrected chi connectivity index (χ0v) is 8.09.